The Morgan fingerprint density at radius 2 is 1.64 bits per heavy atom. The summed E-state index contributed by atoms with van der Waals surface area (Å²) in [5.41, 5.74) is 10.7. The van der Waals surface area contributed by atoms with Crippen molar-refractivity contribution in [3.05, 3.63) is 36.4 Å². The Bertz CT molecular complexity index is 1430. The number of imidazole rings is 1. The lowest BCUT2D eigenvalue weighted by Crippen LogP contribution is -2.52. The average Bonchev–Trinajstić information content (AvgIpc) is 3.68. The zero-order valence-electron chi connectivity index (χ0n) is 30.2. The fourth-order valence-corrected chi connectivity index (χ4v) is 6.58. The van der Waals surface area contributed by atoms with Crippen LogP contribution < -0.4 is 16.4 Å². The SMILES string of the molecule is CC.CC(C)C.CC(C)N(CC1OC(n2cnc3c(N)ncnc32)C(O)C1O)C1CC(CCC2Nc3ccc(C(C)(C)C)cc3N2)C1. The summed E-state index contributed by atoms with van der Waals surface area (Å²) in [6.07, 6.45) is 4.20. The molecule has 6 rings (SSSR count). The summed E-state index contributed by atoms with van der Waals surface area (Å²) in [5.74, 6) is 1.77. The highest BCUT2D eigenvalue weighted by atomic mass is 16.6. The van der Waals surface area contributed by atoms with E-state index < -0.39 is 24.5 Å². The summed E-state index contributed by atoms with van der Waals surface area (Å²) in [6.45, 7) is 22.1. The number of hydrogen-bond donors (Lipinski definition) is 5. The van der Waals surface area contributed by atoms with Crippen molar-refractivity contribution in [2.24, 2.45) is 11.8 Å². The number of ether oxygens (including phenoxy) is 1. The molecule has 262 valence electrons. The van der Waals surface area contributed by atoms with Crippen LogP contribution in [0.25, 0.3) is 11.2 Å². The lowest BCUT2D eigenvalue weighted by molar-refractivity contribution is -0.0621. The van der Waals surface area contributed by atoms with Gasteiger partial charge in [-0.3, -0.25) is 9.47 Å². The number of nitrogens with two attached hydrogens (primary N) is 1. The predicted molar refractivity (Wildman–Crippen MR) is 191 cm³/mol. The predicted octanol–water partition coefficient (Wildman–Crippen LogP) is 6.15. The lowest BCUT2D eigenvalue weighted by Gasteiger charge is -2.46. The van der Waals surface area contributed by atoms with Gasteiger partial charge in [-0.05, 0) is 74.5 Å². The molecule has 2 aliphatic heterocycles. The maximum atomic E-state index is 10.9. The van der Waals surface area contributed by atoms with Gasteiger partial charge < -0.3 is 31.3 Å². The molecule has 1 saturated carbocycles. The number of aromatic nitrogens is 4. The molecule has 11 heteroatoms. The van der Waals surface area contributed by atoms with Crippen LogP contribution in [-0.4, -0.2) is 77.7 Å². The number of fused-ring (bicyclic) bond motifs is 2. The Kier molecular flexibility index (Phi) is 12.1. The van der Waals surface area contributed by atoms with Gasteiger partial charge in [-0.2, -0.15) is 0 Å². The summed E-state index contributed by atoms with van der Waals surface area (Å²) in [4.78, 5) is 14.9. The molecule has 1 aromatic carbocycles. The Labute approximate surface area is 281 Å². The molecule has 6 N–H and O–H groups in total. The summed E-state index contributed by atoms with van der Waals surface area (Å²) < 4.78 is 7.88. The van der Waals surface area contributed by atoms with Crippen LogP contribution in [-0.2, 0) is 10.2 Å². The molecule has 0 bridgehead atoms. The van der Waals surface area contributed by atoms with E-state index in [4.69, 9.17) is 10.5 Å². The van der Waals surface area contributed by atoms with Crippen LogP contribution in [0.3, 0.4) is 0 Å². The maximum absolute atomic E-state index is 10.9. The molecule has 2 fully saturated rings. The molecule has 3 aromatic rings. The second-order valence-corrected chi connectivity index (χ2v) is 15.1. The third-order valence-electron chi connectivity index (χ3n) is 9.14. The highest BCUT2D eigenvalue weighted by molar-refractivity contribution is 5.81. The van der Waals surface area contributed by atoms with Gasteiger partial charge in [-0.25, -0.2) is 15.0 Å². The molecule has 0 radical (unpaired) electrons. The van der Waals surface area contributed by atoms with Crippen molar-refractivity contribution in [3.8, 4) is 0 Å². The second-order valence-electron chi connectivity index (χ2n) is 15.1. The number of rotatable bonds is 8. The van der Waals surface area contributed by atoms with Crippen LogP contribution in [0.15, 0.2) is 30.9 Å². The van der Waals surface area contributed by atoms with E-state index in [-0.39, 0.29) is 17.4 Å². The van der Waals surface area contributed by atoms with Crippen molar-refractivity contribution in [2.75, 3.05) is 22.9 Å². The highest BCUT2D eigenvalue weighted by Crippen LogP contribution is 2.40. The van der Waals surface area contributed by atoms with Crippen LogP contribution in [0.4, 0.5) is 17.2 Å². The van der Waals surface area contributed by atoms with E-state index in [1.165, 1.54) is 29.6 Å². The number of hydrogen-bond acceptors (Lipinski definition) is 10. The number of anilines is 3. The number of aliphatic hydroxyl groups is 2. The van der Waals surface area contributed by atoms with Crippen LogP contribution in [0.1, 0.15) is 107 Å². The van der Waals surface area contributed by atoms with Crippen LogP contribution >= 0.6 is 0 Å². The summed E-state index contributed by atoms with van der Waals surface area (Å²) in [7, 11) is 0. The van der Waals surface area contributed by atoms with E-state index in [1.54, 1.807) is 4.57 Å². The molecule has 3 aliphatic rings. The summed E-state index contributed by atoms with van der Waals surface area (Å²) >= 11 is 0. The zero-order valence-corrected chi connectivity index (χ0v) is 30.2. The van der Waals surface area contributed by atoms with Crippen molar-refractivity contribution >= 4 is 28.4 Å². The van der Waals surface area contributed by atoms with Gasteiger partial charge in [0.25, 0.3) is 0 Å². The first kappa shape index (κ1) is 36.8. The van der Waals surface area contributed by atoms with E-state index in [0.717, 1.165) is 31.6 Å². The molecule has 1 saturated heterocycles. The normalized spacial score (nSPS) is 26.7. The van der Waals surface area contributed by atoms with Gasteiger partial charge in [0.2, 0.25) is 0 Å². The minimum absolute atomic E-state index is 0.133. The summed E-state index contributed by atoms with van der Waals surface area (Å²) in [5, 5.41) is 29.2. The van der Waals surface area contributed by atoms with Crippen molar-refractivity contribution in [3.63, 3.8) is 0 Å². The first-order chi connectivity index (χ1) is 22.2. The van der Waals surface area contributed by atoms with E-state index >= 15 is 0 Å². The minimum atomic E-state index is -1.10. The van der Waals surface area contributed by atoms with Gasteiger partial charge in [0.15, 0.2) is 17.7 Å². The third-order valence-corrected chi connectivity index (χ3v) is 9.14. The Balaban J connectivity index is 0.000000776. The largest absolute Gasteiger partial charge is 0.387 e. The molecule has 2 aromatic heterocycles. The quantitative estimate of drug-likeness (QED) is 0.192. The molecular weight excluding hydrogens is 592 g/mol. The van der Waals surface area contributed by atoms with E-state index in [1.807, 2.05) is 13.8 Å². The van der Waals surface area contributed by atoms with E-state index in [9.17, 15) is 10.2 Å². The number of nitrogens with one attached hydrogen (secondary N) is 2. The van der Waals surface area contributed by atoms with E-state index in [2.05, 4.69) is 104 Å². The Hall–Kier alpha value is -2.99. The lowest BCUT2D eigenvalue weighted by atomic mass is 9.76. The molecule has 0 spiro atoms. The Morgan fingerprint density at radius 3 is 2.28 bits per heavy atom. The van der Waals surface area contributed by atoms with Gasteiger partial charge in [0.1, 0.15) is 30.2 Å². The van der Waals surface area contributed by atoms with Crippen LogP contribution in [0.2, 0.25) is 0 Å². The maximum Gasteiger partial charge on any atom is 0.167 e. The van der Waals surface area contributed by atoms with Gasteiger partial charge in [-0.1, -0.05) is 61.5 Å². The fourth-order valence-electron chi connectivity index (χ4n) is 6.58. The zero-order chi connectivity index (χ0) is 34.6. The molecule has 11 nitrogen and oxygen atoms in total. The van der Waals surface area contributed by atoms with Crippen LogP contribution in [0.5, 0.6) is 0 Å². The second kappa shape index (κ2) is 15.5. The molecule has 1 aliphatic carbocycles. The smallest absolute Gasteiger partial charge is 0.167 e. The minimum Gasteiger partial charge on any atom is -0.387 e. The number of nitrogen functional groups attached to an aromatic ring is 1. The van der Waals surface area contributed by atoms with Gasteiger partial charge in [-0.15, -0.1) is 0 Å². The topological polar surface area (TPSA) is 147 Å². The van der Waals surface area contributed by atoms with Crippen molar-refractivity contribution in [1.29, 1.82) is 0 Å². The van der Waals surface area contributed by atoms with Crippen molar-refractivity contribution < 1.29 is 14.9 Å². The molecule has 47 heavy (non-hydrogen) atoms. The molecule has 5 unspecified atom stereocenters. The standard InChI is InChI=1S/C30H44N8O3.C4H10.C2H6/c1-16(2)37(13-22-25(39)26(40)29(41-22)38-15-34-24-27(31)32-14-33-28(24)38)19-10-17(11-19)6-9-23-35-20-8-7-18(30(3,4)5)12-21(20)36-23;1-4(2)3;1-2/h7-8,12,14-17,19,22-23,25-26,29,35-36,39-40H,6,9-11,13H2,1-5H3,(H2,31,32,33);4H,1-3H3;1-2H3. The third kappa shape index (κ3) is 8.54. The van der Waals surface area contributed by atoms with Gasteiger partial charge in [0, 0.05) is 18.6 Å². The van der Waals surface area contributed by atoms with Crippen molar-refractivity contribution in [2.45, 2.75) is 143 Å². The average molecular weight is 653 g/mol. The monoisotopic (exact) mass is 652 g/mol. The fraction of sp³-hybridized carbons (Fsp3) is 0.694. The van der Waals surface area contributed by atoms with Gasteiger partial charge in [0.05, 0.1) is 23.9 Å². The number of nitrogens with zero attached hydrogens (tertiary/aromatic N) is 5. The molecular formula is C36H60N8O3. The number of benzene rings is 1. The van der Waals surface area contributed by atoms with E-state index in [0.29, 0.717) is 35.7 Å². The molecule has 5 atom stereocenters. The van der Waals surface area contributed by atoms with Crippen LogP contribution in [0, 0.1) is 11.8 Å². The van der Waals surface area contributed by atoms with Gasteiger partial charge >= 0.3 is 0 Å². The number of aliphatic hydroxyl groups excluding tert-OH is 2. The first-order valence-electron chi connectivity index (χ1n) is 17.6. The Morgan fingerprint density at radius 1 is 0.979 bits per heavy atom. The highest BCUT2D eigenvalue weighted by Gasteiger charge is 2.46. The van der Waals surface area contributed by atoms with Crippen molar-refractivity contribution in [1.82, 2.24) is 24.4 Å². The summed E-state index contributed by atoms with van der Waals surface area (Å²) in [6, 6.07) is 7.43. The molecule has 4 heterocycles. The first-order valence-corrected chi connectivity index (χ1v) is 17.6. The molecule has 0 amide bonds.